The van der Waals surface area contributed by atoms with Gasteiger partial charge in [0, 0.05) is 71.1 Å². The number of benzene rings is 4. The molecule has 0 radical (unpaired) electrons. The highest BCUT2D eigenvalue weighted by Gasteiger charge is 2.32. The minimum Gasteiger partial charge on any atom is -0.457 e. The van der Waals surface area contributed by atoms with Crippen LogP contribution in [0.5, 0.6) is 11.5 Å². The maximum absolute atomic E-state index is 11.1. The van der Waals surface area contributed by atoms with Gasteiger partial charge in [-0.05, 0) is 94.0 Å². The number of carbonyl (C=O) groups is 1. The first-order valence-electron chi connectivity index (χ1n) is 16.4. The van der Waals surface area contributed by atoms with Gasteiger partial charge in [0.2, 0.25) is 0 Å². The Morgan fingerprint density at radius 1 is 0.980 bits per heavy atom. The number of aldehydes is 1. The first-order chi connectivity index (χ1) is 23.4. The third-order valence-corrected chi connectivity index (χ3v) is 9.56. The number of hydrogen-bond acceptors (Lipinski definition) is 9. The summed E-state index contributed by atoms with van der Waals surface area (Å²) in [5.41, 5.74) is 10.6. The number of nitrogens with zero attached hydrogens (tertiary/aromatic N) is 3. The summed E-state index contributed by atoms with van der Waals surface area (Å²) in [7, 11) is 4.16. The Morgan fingerprint density at radius 3 is 2.32 bits per heavy atom. The summed E-state index contributed by atoms with van der Waals surface area (Å²) in [5, 5.41) is 8.38. The van der Waals surface area contributed by atoms with Crippen LogP contribution in [0, 0.1) is 10.1 Å². The molecule has 2 heterocycles. The molecule has 0 bridgehead atoms. The van der Waals surface area contributed by atoms with Gasteiger partial charge < -0.3 is 20.3 Å². The Kier molecular flexibility index (Phi) is 19.5. The van der Waals surface area contributed by atoms with Gasteiger partial charge in [-0.3, -0.25) is 19.8 Å². The molecular formula is C38H49Cl2N5O4S. The number of carbonyl (C=O) groups excluding carboxylic acids is 1. The summed E-state index contributed by atoms with van der Waals surface area (Å²) in [6.45, 7) is 5.04. The van der Waals surface area contributed by atoms with Crippen molar-refractivity contribution in [2.24, 2.45) is 5.73 Å². The lowest BCUT2D eigenvalue weighted by molar-refractivity contribution is -0.398. The number of piperazine rings is 1. The largest absolute Gasteiger partial charge is 0.457 e. The molecule has 0 aromatic heterocycles. The number of nitrogens with one attached hydrogen (secondary N) is 1. The minimum atomic E-state index is 0. The monoisotopic (exact) mass is 741 g/mol. The molecule has 1 saturated heterocycles. The molecule has 2 atom stereocenters. The van der Waals surface area contributed by atoms with Gasteiger partial charge in [0.15, 0.2) is 0 Å². The van der Waals surface area contributed by atoms with Gasteiger partial charge in [0.05, 0.1) is 0 Å². The van der Waals surface area contributed by atoms with Gasteiger partial charge in [-0.15, -0.1) is 36.6 Å². The van der Waals surface area contributed by atoms with Crippen LogP contribution in [0.4, 0.5) is 5.69 Å². The molecule has 4 aromatic carbocycles. The number of thioether (sulfide) groups is 1. The molecule has 9 nitrogen and oxygen atoms in total. The van der Waals surface area contributed by atoms with E-state index >= 15 is 0 Å². The van der Waals surface area contributed by atoms with Crippen molar-refractivity contribution in [1.29, 1.82) is 0 Å². The molecular weight excluding hydrogens is 693 g/mol. The second kappa shape index (κ2) is 23.0. The molecule has 50 heavy (non-hydrogen) atoms. The second-order valence-electron chi connectivity index (χ2n) is 12.2. The fraction of sp³-hybridized carbons (Fsp3) is 0.342. The van der Waals surface area contributed by atoms with Crippen molar-refractivity contribution in [1.82, 2.24) is 9.80 Å². The zero-order valence-electron chi connectivity index (χ0n) is 28.7. The third kappa shape index (κ3) is 13.6. The Bertz CT molecular complexity index is 1550. The maximum Gasteiger partial charge on any atom is 0.150 e. The Hall–Kier alpha value is -3.64. The highest BCUT2D eigenvalue weighted by molar-refractivity contribution is 7.99. The summed E-state index contributed by atoms with van der Waals surface area (Å²) >= 11 is 1.84. The van der Waals surface area contributed by atoms with Gasteiger partial charge in [-0.25, -0.2) is 0 Å². The molecule has 0 saturated carbocycles. The highest BCUT2D eigenvalue weighted by Crippen LogP contribution is 2.34. The van der Waals surface area contributed by atoms with Crippen LogP contribution < -0.4 is 20.7 Å². The number of aryl methyl sites for hydroxylation is 1. The normalized spacial score (nSPS) is 15.2. The first kappa shape index (κ1) is 42.5. The van der Waals surface area contributed by atoms with Crippen molar-refractivity contribution < 1.29 is 14.9 Å². The van der Waals surface area contributed by atoms with Crippen LogP contribution >= 0.6 is 36.6 Å². The first-order valence-corrected chi connectivity index (χ1v) is 17.3. The smallest absolute Gasteiger partial charge is 0.150 e. The minimum absolute atomic E-state index is 0. The predicted octanol–water partition coefficient (Wildman–Crippen LogP) is 6.16. The molecule has 6 rings (SSSR count). The highest BCUT2D eigenvalue weighted by atomic mass is 35.5. The Labute approximate surface area is 312 Å². The molecule has 3 N–H and O–H groups in total. The number of rotatable bonds is 11. The van der Waals surface area contributed by atoms with Crippen LogP contribution in [-0.4, -0.2) is 74.2 Å². The van der Waals surface area contributed by atoms with E-state index in [1.165, 1.54) is 21.7 Å². The Morgan fingerprint density at radius 2 is 1.64 bits per heavy atom. The molecule has 4 aromatic rings. The van der Waals surface area contributed by atoms with E-state index in [9.17, 15) is 4.79 Å². The van der Waals surface area contributed by atoms with E-state index in [2.05, 4.69) is 83.4 Å². The van der Waals surface area contributed by atoms with Gasteiger partial charge in [-0.1, -0.05) is 54.6 Å². The lowest BCUT2D eigenvalue weighted by Gasteiger charge is -2.46. The fourth-order valence-electron chi connectivity index (χ4n) is 5.93. The third-order valence-electron chi connectivity index (χ3n) is 8.35. The van der Waals surface area contributed by atoms with Crippen molar-refractivity contribution in [3.63, 3.8) is 0 Å². The van der Waals surface area contributed by atoms with E-state index in [0.717, 1.165) is 81.1 Å². The van der Waals surface area contributed by atoms with E-state index in [1.54, 1.807) is 0 Å². The lowest BCUT2D eigenvalue weighted by atomic mass is 9.92. The van der Waals surface area contributed by atoms with Crippen LogP contribution in [0.3, 0.4) is 0 Å². The van der Waals surface area contributed by atoms with Crippen LogP contribution in [0.25, 0.3) is 0 Å². The molecule has 12 heteroatoms. The van der Waals surface area contributed by atoms with Crippen molar-refractivity contribution in [2.75, 3.05) is 50.9 Å². The topological polar surface area (TPSA) is 116 Å². The van der Waals surface area contributed by atoms with Gasteiger partial charge in [-0.2, -0.15) is 0 Å². The predicted molar refractivity (Wildman–Crippen MR) is 210 cm³/mol. The van der Waals surface area contributed by atoms with E-state index in [1.807, 2.05) is 60.3 Å². The molecule has 2 aliphatic rings. The molecule has 2 aliphatic heterocycles. The van der Waals surface area contributed by atoms with E-state index < -0.39 is 0 Å². The number of nitrogens with two attached hydrogens (primary N) is 1. The van der Waals surface area contributed by atoms with Crippen LogP contribution in [0.15, 0.2) is 108 Å². The summed E-state index contributed by atoms with van der Waals surface area (Å²) in [6, 6.07) is 35.7. The van der Waals surface area contributed by atoms with Gasteiger partial charge >= 0.3 is 0 Å². The summed E-state index contributed by atoms with van der Waals surface area (Å²) in [6.07, 6.45) is 4.18. The fourth-order valence-corrected chi connectivity index (χ4v) is 6.85. The Balaban J connectivity index is 0.000000369. The average molecular weight is 743 g/mol. The number of para-hydroxylation sites is 2. The van der Waals surface area contributed by atoms with Crippen molar-refractivity contribution >= 4 is 48.5 Å². The van der Waals surface area contributed by atoms with E-state index in [4.69, 9.17) is 20.6 Å². The van der Waals surface area contributed by atoms with Crippen LogP contribution in [-0.2, 0) is 13.0 Å². The zero-order valence-corrected chi connectivity index (χ0v) is 31.1. The van der Waals surface area contributed by atoms with Crippen molar-refractivity contribution in [3.8, 4) is 11.5 Å². The quantitative estimate of drug-likeness (QED) is 0.0807. The number of ether oxygens (including phenoxy) is 1. The summed E-state index contributed by atoms with van der Waals surface area (Å²) in [5.74, 6) is 2.80. The van der Waals surface area contributed by atoms with E-state index in [-0.39, 0.29) is 36.2 Å². The number of fused-ring (bicyclic) bond motifs is 3. The van der Waals surface area contributed by atoms with E-state index in [0.29, 0.717) is 6.04 Å². The van der Waals surface area contributed by atoms with Crippen LogP contribution in [0.2, 0.25) is 0 Å². The molecule has 0 aliphatic carbocycles. The van der Waals surface area contributed by atoms with Crippen LogP contribution in [0.1, 0.15) is 34.3 Å². The summed E-state index contributed by atoms with van der Waals surface area (Å²) in [4.78, 5) is 27.8. The molecule has 0 amide bonds. The summed E-state index contributed by atoms with van der Waals surface area (Å²) < 4.78 is 6.16. The lowest BCUT2D eigenvalue weighted by Crippen LogP contribution is -2.54. The van der Waals surface area contributed by atoms with Gasteiger partial charge in [0.1, 0.15) is 17.8 Å². The number of halogens is 2. The zero-order chi connectivity index (χ0) is 34.1. The molecule has 1 fully saturated rings. The molecule has 1 unspecified atom stereocenters. The standard InChI is InChI=1S/C26H26N2O2.C12H20N2S.2ClH.HNO2/c29-19-20-10-13-25-21(16-20)11-12-23-18-27(14-15-28(23)25)17-22-6-4-5-9-26(22)30-24-7-2-1-3-8-24;1-14(2)9-8-11(13)10-15-12-6-4-3-5-7-12;;;2-1-3/h1-10,13,16,19,23H,11-12,14-15,17-18H2;3-7,11H,8-10,13H2,1-2H3;2*1H;1H/t;11-;;;/m.1.../s1. The molecule has 270 valence electrons. The number of hydrogen-bond donors (Lipinski definition) is 2. The number of anilines is 1. The SMILES string of the molecule is CN(C)CC[C@@H](N)CSc1ccccc1.Cl.Cl.O=Cc1ccc2c(c1)CCC1CN(Cc3ccccc3Oc3ccccc3)CCN21.O=[NH+][O-]. The molecule has 0 spiro atoms. The van der Waals surface area contributed by atoms with Gasteiger partial charge in [0.25, 0.3) is 0 Å². The van der Waals surface area contributed by atoms with Crippen molar-refractivity contribution in [2.45, 2.75) is 42.8 Å². The maximum atomic E-state index is 11.1. The van der Waals surface area contributed by atoms with Crippen molar-refractivity contribution in [3.05, 3.63) is 130 Å². The second-order valence-corrected chi connectivity index (χ2v) is 13.3. The average Bonchev–Trinajstić information content (AvgIpc) is 3.12.